The van der Waals surface area contributed by atoms with E-state index in [9.17, 15) is 27.6 Å². The van der Waals surface area contributed by atoms with E-state index in [2.05, 4.69) is 9.97 Å². The molecular weight excluding hydrogens is 605 g/mol. The molecule has 232 valence electrons. The summed E-state index contributed by atoms with van der Waals surface area (Å²) in [6, 6.07) is 3.26. The minimum atomic E-state index is -5.08. The Kier molecular flexibility index (Phi) is 7.91. The molecule has 0 saturated carbocycles. The fourth-order valence-corrected chi connectivity index (χ4v) is 6.85. The predicted molar refractivity (Wildman–Crippen MR) is 158 cm³/mol. The largest absolute Gasteiger partial charge is 0.467 e. The number of nitrogen functional groups attached to an aromatic ring is 1. The van der Waals surface area contributed by atoms with Gasteiger partial charge in [-0.15, -0.1) is 11.3 Å². The minimum absolute atomic E-state index is 0.00282. The van der Waals surface area contributed by atoms with Crippen LogP contribution >= 0.6 is 11.3 Å². The van der Waals surface area contributed by atoms with Crippen molar-refractivity contribution in [2.75, 3.05) is 44.9 Å². The van der Waals surface area contributed by atoms with E-state index in [4.69, 9.17) is 10.5 Å². The SMILES string of the molecule is CCN(c1nc(OC)nc2c(F)c(-c3ccc(F)c4sc(N)c(C#N)c34)c(C(F)(F)F)cc12)C1CCN(C(=O)N(C)C)C1C. The van der Waals surface area contributed by atoms with Crippen molar-refractivity contribution in [1.82, 2.24) is 19.8 Å². The summed E-state index contributed by atoms with van der Waals surface area (Å²) in [5.41, 5.74) is 2.56. The Hall–Kier alpha value is -4.45. The van der Waals surface area contributed by atoms with Crippen LogP contribution in [-0.2, 0) is 6.18 Å². The molecule has 15 heteroatoms. The van der Waals surface area contributed by atoms with E-state index >= 15 is 4.39 Å². The lowest BCUT2D eigenvalue weighted by Crippen LogP contribution is -2.48. The first kappa shape index (κ1) is 31.0. The maximum absolute atomic E-state index is 16.7. The predicted octanol–water partition coefficient (Wildman–Crippen LogP) is 6.24. The van der Waals surface area contributed by atoms with Crippen LogP contribution < -0.4 is 15.4 Å². The van der Waals surface area contributed by atoms with Crippen LogP contribution in [0.1, 0.15) is 31.4 Å². The molecule has 0 aliphatic carbocycles. The third-order valence-electron chi connectivity index (χ3n) is 7.93. The van der Waals surface area contributed by atoms with Crippen LogP contribution in [0.15, 0.2) is 18.2 Å². The fourth-order valence-electron chi connectivity index (χ4n) is 5.91. The highest BCUT2D eigenvalue weighted by molar-refractivity contribution is 7.23. The van der Waals surface area contributed by atoms with Crippen molar-refractivity contribution in [3.63, 3.8) is 0 Å². The Balaban J connectivity index is 1.81. The van der Waals surface area contributed by atoms with Gasteiger partial charge in [-0.1, -0.05) is 6.07 Å². The molecule has 44 heavy (non-hydrogen) atoms. The number of ether oxygens (including phenoxy) is 1. The summed E-state index contributed by atoms with van der Waals surface area (Å²) in [6.07, 6.45) is -4.59. The number of amides is 2. The summed E-state index contributed by atoms with van der Waals surface area (Å²) in [4.78, 5) is 26.1. The number of halogens is 5. The first-order chi connectivity index (χ1) is 20.7. The van der Waals surface area contributed by atoms with Gasteiger partial charge in [-0.25, -0.2) is 13.6 Å². The molecule has 0 bridgehead atoms. The summed E-state index contributed by atoms with van der Waals surface area (Å²) in [6.45, 7) is 4.27. The topological polar surface area (TPSA) is 112 Å². The van der Waals surface area contributed by atoms with E-state index in [0.717, 1.165) is 18.2 Å². The number of nitrogens with zero attached hydrogens (tertiary/aromatic N) is 6. The van der Waals surface area contributed by atoms with Crippen LogP contribution in [0.4, 0.5) is 37.6 Å². The number of methoxy groups -OCH3 is 1. The number of nitriles is 1. The van der Waals surface area contributed by atoms with Crippen LogP contribution in [0.3, 0.4) is 0 Å². The number of anilines is 2. The molecule has 1 saturated heterocycles. The molecule has 9 nitrogen and oxygen atoms in total. The van der Waals surface area contributed by atoms with Gasteiger partial charge in [0.05, 0.1) is 35.0 Å². The molecule has 1 aliphatic rings. The van der Waals surface area contributed by atoms with E-state index in [1.54, 1.807) is 36.9 Å². The van der Waals surface area contributed by atoms with Crippen molar-refractivity contribution in [3.8, 4) is 23.2 Å². The Morgan fingerprint density at radius 1 is 1.27 bits per heavy atom. The quantitative estimate of drug-likeness (QED) is 0.259. The van der Waals surface area contributed by atoms with E-state index < -0.39 is 34.5 Å². The Morgan fingerprint density at radius 3 is 2.57 bits per heavy atom. The average molecular weight is 634 g/mol. The molecule has 4 aromatic rings. The fraction of sp³-hybridized carbons (Fsp3) is 0.379. The van der Waals surface area contributed by atoms with Crippen molar-refractivity contribution < 1.29 is 31.5 Å². The van der Waals surface area contributed by atoms with Crippen molar-refractivity contribution in [2.24, 2.45) is 0 Å². The van der Waals surface area contributed by atoms with Crippen molar-refractivity contribution in [2.45, 2.75) is 38.5 Å². The van der Waals surface area contributed by atoms with Gasteiger partial charge in [0.1, 0.15) is 28.2 Å². The number of rotatable bonds is 5. The highest BCUT2D eigenvalue weighted by Crippen LogP contribution is 2.48. The summed E-state index contributed by atoms with van der Waals surface area (Å²) in [5, 5.41) is 9.15. The molecule has 2 atom stereocenters. The lowest BCUT2D eigenvalue weighted by atomic mass is 9.92. The molecule has 2 unspecified atom stereocenters. The maximum Gasteiger partial charge on any atom is 0.417 e. The van der Waals surface area contributed by atoms with Crippen molar-refractivity contribution in [3.05, 3.63) is 41.0 Å². The number of carbonyl (C=O) groups excluding carboxylic acids is 1. The zero-order valence-electron chi connectivity index (χ0n) is 24.4. The second-order valence-corrected chi connectivity index (χ2v) is 11.6. The van der Waals surface area contributed by atoms with Gasteiger partial charge in [0, 0.05) is 43.5 Å². The zero-order chi connectivity index (χ0) is 32.2. The van der Waals surface area contributed by atoms with Crippen molar-refractivity contribution >= 4 is 49.2 Å². The molecular formula is C29H28F5N7O2S. The minimum Gasteiger partial charge on any atom is -0.467 e. The number of fused-ring (bicyclic) bond motifs is 2. The van der Waals surface area contributed by atoms with Gasteiger partial charge in [-0.3, -0.25) is 0 Å². The van der Waals surface area contributed by atoms with Gasteiger partial charge < -0.3 is 25.2 Å². The molecule has 2 amide bonds. The highest BCUT2D eigenvalue weighted by Gasteiger charge is 2.41. The van der Waals surface area contributed by atoms with Crippen LogP contribution in [-0.4, -0.2) is 72.2 Å². The summed E-state index contributed by atoms with van der Waals surface area (Å²) >= 11 is 0.688. The van der Waals surface area contributed by atoms with Gasteiger partial charge in [0.2, 0.25) is 0 Å². The Morgan fingerprint density at radius 2 is 1.98 bits per heavy atom. The van der Waals surface area contributed by atoms with E-state index in [-0.39, 0.29) is 68.1 Å². The number of likely N-dealkylation sites (N-methyl/N-ethyl adjacent to an activating group) is 1. The lowest BCUT2D eigenvalue weighted by Gasteiger charge is -2.35. The number of hydrogen-bond acceptors (Lipinski definition) is 8. The third-order valence-corrected chi connectivity index (χ3v) is 8.96. The lowest BCUT2D eigenvalue weighted by molar-refractivity contribution is -0.137. The molecule has 2 N–H and O–H groups in total. The van der Waals surface area contributed by atoms with Crippen LogP contribution in [0, 0.1) is 23.0 Å². The molecule has 2 aromatic heterocycles. The Labute approximate surface area is 253 Å². The number of alkyl halides is 3. The first-order valence-electron chi connectivity index (χ1n) is 13.6. The average Bonchev–Trinajstić information content (AvgIpc) is 3.52. The molecule has 3 heterocycles. The second-order valence-electron chi connectivity index (χ2n) is 10.5. The first-order valence-corrected chi connectivity index (χ1v) is 14.4. The monoisotopic (exact) mass is 633 g/mol. The summed E-state index contributed by atoms with van der Waals surface area (Å²) in [5.74, 6) is -2.16. The number of likely N-dealkylation sites (tertiary alicyclic amines) is 1. The van der Waals surface area contributed by atoms with E-state index in [1.807, 2.05) is 6.92 Å². The summed E-state index contributed by atoms with van der Waals surface area (Å²) in [7, 11) is 4.50. The smallest absolute Gasteiger partial charge is 0.417 e. The van der Waals surface area contributed by atoms with Gasteiger partial charge in [-0.05, 0) is 38.0 Å². The van der Waals surface area contributed by atoms with Gasteiger partial charge >= 0.3 is 18.2 Å². The number of benzene rings is 2. The van der Waals surface area contributed by atoms with E-state index in [1.165, 1.54) is 12.0 Å². The number of urea groups is 1. The maximum atomic E-state index is 16.7. The van der Waals surface area contributed by atoms with Gasteiger partial charge in [0.15, 0.2) is 5.82 Å². The number of hydrogen-bond donors (Lipinski definition) is 1. The highest BCUT2D eigenvalue weighted by atomic mass is 32.1. The van der Waals surface area contributed by atoms with Gasteiger partial charge in [0.25, 0.3) is 0 Å². The summed E-state index contributed by atoms with van der Waals surface area (Å²) < 4.78 is 80.9. The molecule has 0 spiro atoms. The number of nitrogens with two attached hydrogens (primary N) is 1. The molecule has 2 aromatic carbocycles. The van der Waals surface area contributed by atoms with Crippen molar-refractivity contribution in [1.29, 1.82) is 5.26 Å². The van der Waals surface area contributed by atoms with E-state index in [0.29, 0.717) is 24.3 Å². The normalized spacial score (nSPS) is 16.9. The molecule has 1 aliphatic heterocycles. The zero-order valence-corrected chi connectivity index (χ0v) is 25.2. The van der Waals surface area contributed by atoms with Crippen LogP contribution in [0.2, 0.25) is 0 Å². The Bertz CT molecular complexity index is 1840. The number of thiophene rings is 1. The molecule has 0 radical (unpaired) electrons. The molecule has 1 fully saturated rings. The number of carbonyl (C=O) groups is 1. The molecule has 5 rings (SSSR count). The van der Waals surface area contributed by atoms with Crippen LogP contribution in [0.25, 0.3) is 32.1 Å². The standard InChI is InChI=1S/C29H28F5N7O2S/c1-6-40(19-9-10-41(13(19)2)28(42)39(3)4)26-15-11-17(29(32,33)34)21(22(31)23(15)37-27(38-26)43-5)14-7-8-18(30)24-20(14)16(12-35)25(36)44-24/h7-8,11,13,19H,6,9-10,36H2,1-5H3. The van der Waals surface area contributed by atoms with Crippen LogP contribution in [0.5, 0.6) is 6.01 Å². The number of aromatic nitrogens is 2. The third kappa shape index (κ3) is 4.86. The second kappa shape index (κ2) is 11.2. The van der Waals surface area contributed by atoms with Gasteiger partial charge in [-0.2, -0.15) is 28.4 Å².